The molecule has 1 aromatic carbocycles. The number of allylic oxidation sites excluding steroid dienone is 1. The highest BCUT2D eigenvalue weighted by Gasteiger charge is 2.40. The smallest absolute Gasteiger partial charge is 0.294 e. The van der Waals surface area contributed by atoms with E-state index in [4.69, 9.17) is 0 Å². The van der Waals surface area contributed by atoms with E-state index in [-0.39, 0.29) is 6.04 Å². The van der Waals surface area contributed by atoms with Gasteiger partial charge in [0.2, 0.25) is 0 Å². The van der Waals surface area contributed by atoms with Gasteiger partial charge in [0.15, 0.2) is 0 Å². The van der Waals surface area contributed by atoms with Gasteiger partial charge in [-0.25, -0.2) is 0 Å². The molecule has 0 aliphatic carbocycles. The Labute approximate surface area is 129 Å². The van der Waals surface area contributed by atoms with Crippen molar-refractivity contribution < 1.29 is 13.2 Å². The third-order valence-electron chi connectivity index (χ3n) is 3.91. The predicted molar refractivity (Wildman–Crippen MR) is 84.4 cm³/mol. The second-order valence-electron chi connectivity index (χ2n) is 5.71. The normalized spacial score (nSPS) is 18.3. The van der Waals surface area contributed by atoms with Crippen LogP contribution in [-0.2, 0) is 6.42 Å². The number of hydrogen-bond acceptors (Lipinski definition) is 1. The topological polar surface area (TPSA) is 15.6 Å². The first-order valence-corrected chi connectivity index (χ1v) is 7.46. The second kappa shape index (κ2) is 6.15. The zero-order chi connectivity index (χ0) is 16.5. The molecule has 0 aromatic heterocycles. The summed E-state index contributed by atoms with van der Waals surface area (Å²) in [6.45, 7) is 9.09. The summed E-state index contributed by atoms with van der Waals surface area (Å²) < 4.78 is 39.6. The number of benzene rings is 1. The number of fused-ring (bicyclic) bond motifs is 1. The van der Waals surface area contributed by atoms with Crippen molar-refractivity contribution in [2.24, 2.45) is 4.99 Å². The molecule has 2 nitrogen and oxygen atoms in total. The highest BCUT2D eigenvalue weighted by Crippen LogP contribution is 2.37. The van der Waals surface area contributed by atoms with Gasteiger partial charge in [-0.3, -0.25) is 9.89 Å². The average Bonchev–Trinajstić information content (AvgIpc) is 2.45. The van der Waals surface area contributed by atoms with E-state index in [0.29, 0.717) is 24.4 Å². The number of halogens is 3. The van der Waals surface area contributed by atoms with Gasteiger partial charge in [-0.05, 0) is 38.3 Å². The lowest BCUT2D eigenvalue weighted by molar-refractivity contribution is -0.0918. The maximum Gasteiger partial charge on any atom is 0.431 e. The maximum absolute atomic E-state index is 13.2. The van der Waals surface area contributed by atoms with Crippen LogP contribution >= 0.6 is 0 Å². The van der Waals surface area contributed by atoms with Crippen molar-refractivity contribution in [2.45, 2.75) is 52.3 Å². The minimum Gasteiger partial charge on any atom is -0.294 e. The molecule has 0 fully saturated rings. The van der Waals surface area contributed by atoms with Crippen LogP contribution in [0.25, 0.3) is 0 Å². The van der Waals surface area contributed by atoms with E-state index in [1.54, 1.807) is 6.07 Å². The molecule has 22 heavy (non-hydrogen) atoms. The molecule has 0 saturated carbocycles. The first-order valence-electron chi connectivity index (χ1n) is 7.46. The van der Waals surface area contributed by atoms with Crippen LogP contribution in [0.5, 0.6) is 0 Å². The maximum atomic E-state index is 13.2. The van der Waals surface area contributed by atoms with Gasteiger partial charge >= 0.3 is 6.18 Å². The fourth-order valence-electron chi connectivity index (χ4n) is 2.53. The van der Waals surface area contributed by atoms with Crippen molar-refractivity contribution >= 4 is 11.5 Å². The Morgan fingerprint density at radius 2 is 2.05 bits per heavy atom. The number of amidine groups is 1. The standard InChI is InChI=1S/C17H21F3N2/c1-5-12(3)21-16-9-7-14-10-11(2)6-8-15(14)22(16)13(4)17(18,19)20/h6,8,10,12H,4-5,7,9H2,1-3H3. The van der Waals surface area contributed by atoms with Crippen LogP contribution < -0.4 is 4.90 Å². The summed E-state index contributed by atoms with van der Waals surface area (Å²) >= 11 is 0. The third-order valence-corrected chi connectivity index (χ3v) is 3.91. The molecule has 0 bridgehead atoms. The molecule has 1 heterocycles. The number of rotatable bonds is 3. The van der Waals surface area contributed by atoms with Crippen LogP contribution in [0.3, 0.4) is 0 Å². The van der Waals surface area contributed by atoms with Gasteiger partial charge in [0.1, 0.15) is 11.5 Å². The van der Waals surface area contributed by atoms with Crippen LogP contribution in [-0.4, -0.2) is 18.1 Å². The molecule has 1 aliphatic heterocycles. The summed E-state index contributed by atoms with van der Waals surface area (Å²) in [4.78, 5) is 5.66. The molecule has 2 rings (SSSR count). The van der Waals surface area contributed by atoms with Gasteiger partial charge in [0.25, 0.3) is 0 Å². The lowest BCUT2D eigenvalue weighted by atomic mass is 9.98. The van der Waals surface area contributed by atoms with Gasteiger partial charge in [0.05, 0.1) is 5.69 Å². The first-order chi connectivity index (χ1) is 10.2. The molecule has 0 amide bonds. The zero-order valence-corrected chi connectivity index (χ0v) is 13.2. The van der Waals surface area contributed by atoms with Gasteiger partial charge < -0.3 is 0 Å². The molecule has 1 atom stereocenters. The van der Waals surface area contributed by atoms with Crippen LogP contribution in [0, 0.1) is 6.92 Å². The lowest BCUT2D eigenvalue weighted by Gasteiger charge is -2.35. The molecular weight excluding hydrogens is 289 g/mol. The molecule has 1 unspecified atom stereocenters. The minimum absolute atomic E-state index is 0.00877. The van der Waals surface area contributed by atoms with E-state index in [0.717, 1.165) is 17.5 Å². The van der Waals surface area contributed by atoms with Crippen molar-refractivity contribution in [1.29, 1.82) is 0 Å². The Balaban J connectivity index is 2.53. The third kappa shape index (κ3) is 3.34. The average molecular weight is 310 g/mol. The first kappa shape index (κ1) is 16.6. The summed E-state index contributed by atoms with van der Waals surface area (Å²) in [5.41, 5.74) is 1.62. The van der Waals surface area contributed by atoms with Gasteiger partial charge in [-0.1, -0.05) is 31.2 Å². The fraction of sp³-hybridized carbons (Fsp3) is 0.471. The Hall–Kier alpha value is -1.78. The van der Waals surface area contributed by atoms with Crippen molar-refractivity contribution in [3.63, 3.8) is 0 Å². The molecular formula is C17H21F3N2. The number of alkyl halides is 3. The van der Waals surface area contributed by atoms with Crippen molar-refractivity contribution in [2.75, 3.05) is 4.90 Å². The molecule has 0 radical (unpaired) electrons. The van der Waals surface area contributed by atoms with E-state index < -0.39 is 11.9 Å². The van der Waals surface area contributed by atoms with Crippen LogP contribution in [0.2, 0.25) is 0 Å². The van der Waals surface area contributed by atoms with Crippen LogP contribution in [0.15, 0.2) is 35.5 Å². The summed E-state index contributed by atoms with van der Waals surface area (Å²) in [6, 6.07) is 5.48. The Morgan fingerprint density at radius 1 is 1.36 bits per heavy atom. The van der Waals surface area contributed by atoms with Crippen molar-refractivity contribution in [3.8, 4) is 0 Å². The summed E-state index contributed by atoms with van der Waals surface area (Å²) in [7, 11) is 0. The van der Waals surface area contributed by atoms with E-state index in [1.165, 1.54) is 4.90 Å². The summed E-state index contributed by atoms with van der Waals surface area (Å²) in [5.74, 6) is 0.452. The SMILES string of the molecule is C=C(N1C(=NC(C)CC)CCc2cc(C)ccc21)C(F)(F)F. The number of nitrogens with zero attached hydrogens (tertiary/aromatic N) is 2. The molecule has 5 heteroatoms. The monoisotopic (exact) mass is 310 g/mol. The molecule has 1 aromatic rings. The van der Waals surface area contributed by atoms with Gasteiger partial charge in [0, 0.05) is 12.5 Å². The molecule has 1 aliphatic rings. The Bertz CT molecular complexity index is 602. The van der Waals surface area contributed by atoms with E-state index in [2.05, 4.69) is 11.6 Å². The number of aryl methyl sites for hydroxylation is 2. The fourth-order valence-corrected chi connectivity index (χ4v) is 2.53. The molecule has 0 spiro atoms. The highest BCUT2D eigenvalue weighted by atomic mass is 19.4. The lowest BCUT2D eigenvalue weighted by Crippen LogP contribution is -2.40. The van der Waals surface area contributed by atoms with E-state index >= 15 is 0 Å². The van der Waals surface area contributed by atoms with Gasteiger partial charge in [-0.2, -0.15) is 13.2 Å². The minimum atomic E-state index is -4.48. The van der Waals surface area contributed by atoms with E-state index in [9.17, 15) is 13.2 Å². The van der Waals surface area contributed by atoms with Crippen LogP contribution in [0.1, 0.15) is 37.8 Å². The molecule has 0 N–H and O–H groups in total. The number of aliphatic imine (C=N–C) groups is 1. The van der Waals surface area contributed by atoms with Gasteiger partial charge in [-0.15, -0.1) is 0 Å². The molecule has 120 valence electrons. The Morgan fingerprint density at radius 3 is 2.64 bits per heavy atom. The zero-order valence-electron chi connectivity index (χ0n) is 13.2. The highest BCUT2D eigenvalue weighted by molar-refractivity contribution is 6.03. The second-order valence-corrected chi connectivity index (χ2v) is 5.71. The summed E-state index contributed by atoms with van der Waals surface area (Å²) in [6.07, 6.45) is -2.49. The summed E-state index contributed by atoms with van der Waals surface area (Å²) in [5, 5.41) is 0. The number of hydrogen-bond donors (Lipinski definition) is 0. The quantitative estimate of drug-likeness (QED) is 0.765. The Kier molecular flexibility index (Phi) is 4.63. The van der Waals surface area contributed by atoms with Crippen LogP contribution in [0.4, 0.5) is 18.9 Å². The van der Waals surface area contributed by atoms with Crippen molar-refractivity contribution in [1.82, 2.24) is 0 Å². The largest absolute Gasteiger partial charge is 0.431 e. The molecule has 0 saturated heterocycles. The van der Waals surface area contributed by atoms with E-state index in [1.807, 2.05) is 32.9 Å². The predicted octanol–water partition coefficient (Wildman–Crippen LogP) is 5.02. The number of anilines is 1. The van der Waals surface area contributed by atoms with Crippen molar-refractivity contribution in [3.05, 3.63) is 41.6 Å².